The summed E-state index contributed by atoms with van der Waals surface area (Å²) in [4.78, 5) is 1.42. The van der Waals surface area contributed by atoms with E-state index < -0.39 is 0 Å². The summed E-state index contributed by atoms with van der Waals surface area (Å²) in [5.41, 5.74) is 22.0. The second kappa shape index (κ2) is 13.5. The topological polar surface area (TPSA) is 0 Å². The molecule has 1 heteroatoms. The van der Waals surface area contributed by atoms with Crippen LogP contribution in [-0.4, -0.2) is 0 Å². The van der Waals surface area contributed by atoms with Crippen molar-refractivity contribution in [2.75, 3.05) is 0 Å². The van der Waals surface area contributed by atoms with Crippen LogP contribution >= 0.6 is 11.3 Å². The molecular weight excluding hydrogens is 729 g/mol. The number of hydrogen-bond acceptors (Lipinski definition) is 1. The van der Waals surface area contributed by atoms with Gasteiger partial charge in [0.05, 0.1) is 0 Å². The van der Waals surface area contributed by atoms with Crippen molar-refractivity contribution in [2.45, 2.75) is 38.5 Å². The third-order valence-corrected chi connectivity index (χ3v) is 14.3. The SMILES string of the molecule is CC1(C)c2ccccc2-c2ccc(/C=C(/c3ccc(-c4ccccc4)cc3)c3ccc(-c4ccc(-c5cccc6c5-c5sc7ccccc7c5C6(C)C)cc4)cc3)cc21. The number of thiophene rings is 1. The first-order valence-electron chi connectivity index (χ1n) is 20.7. The average molecular weight is 773 g/mol. The van der Waals surface area contributed by atoms with Gasteiger partial charge in [0.2, 0.25) is 0 Å². The highest BCUT2D eigenvalue weighted by Crippen LogP contribution is 2.58. The first-order valence-corrected chi connectivity index (χ1v) is 21.6. The lowest BCUT2D eigenvalue weighted by atomic mass is 9.81. The van der Waals surface area contributed by atoms with Gasteiger partial charge in [-0.15, -0.1) is 11.3 Å². The van der Waals surface area contributed by atoms with Crippen molar-refractivity contribution in [1.82, 2.24) is 0 Å². The van der Waals surface area contributed by atoms with Crippen LogP contribution in [0.15, 0.2) is 188 Å². The molecule has 0 N–H and O–H groups in total. The fourth-order valence-electron chi connectivity index (χ4n) is 10.0. The molecule has 0 saturated heterocycles. The van der Waals surface area contributed by atoms with E-state index in [9.17, 15) is 0 Å². The van der Waals surface area contributed by atoms with Crippen LogP contribution in [-0.2, 0) is 10.8 Å². The zero-order valence-corrected chi connectivity index (χ0v) is 34.7. The lowest BCUT2D eigenvalue weighted by Gasteiger charge is -2.22. The Morgan fingerprint density at radius 1 is 0.424 bits per heavy atom. The summed E-state index contributed by atoms with van der Waals surface area (Å²) in [5, 5.41) is 1.39. The van der Waals surface area contributed by atoms with Crippen LogP contribution in [0.3, 0.4) is 0 Å². The fourth-order valence-corrected chi connectivity index (χ4v) is 11.4. The van der Waals surface area contributed by atoms with E-state index in [0.717, 1.165) is 0 Å². The molecule has 0 atom stereocenters. The summed E-state index contributed by atoms with van der Waals surface area (Å²) < 4.78 is 1.37. The first-order chi connectivity index (χ1) is 28.8. The minimum Gasteiger partial charge on any atom is -0.135 e. The molecule has 8 aromatic carbocycles. The Morgan fingerprint density at radius 2 is 0.966 bits per heavy atom. The van der Waals surface area contributed by atoms with Crippen LogP contribution in [0, 0.1) is 0 Å². The predicted octanol–water partition coefficient (Wildman–Crippen LogP) is 16.1. The molecule has 0 amide bonds. The summed E-state index contributed by atoms with van der Waals surface area (Å²) >= 11 is 1.94. The summed E-state index contributed by atoms with van der Waals surface area (Å²) in [7, 11) is 0. The van der Waals surface area contributed by atoms with Gasteiger partial charge in [0.15, 0.2) is 0 Å². The summed E-state index contributed by atoms with van der Waals surface area (Å²) in [5.74, 6) is 0. The third kappa shape index (κ3) is 5.71. The molecule has 2 aliphatic carbocycles. The van der Waals surface area contributed by atoms with Gasteiger partial charge in [-0.2, -0.15) is 0 Å². The van der Waals surface area contributed by atoms with Gasteiger partial charge >= 0.3 is 0 Å². The molecule has 0 spiro atoms. The van der Waals surface area contributed by atoms with Crippen molar-refractivity contribution >= 4 is 33.1 Å². The Morgan fingerprint density at radius 3 is 1.68 bits per heavy atom. The standard InChI is InChI=1S/C58H44S/c1-57(2)50-18-10-8-15-46(50)47-34-21-37(36-52(47)57)35-49(43-30-24-39(25-31-43)38-13-6-5-7-14-38)44-32-26-41(27-33-44)40-22-28-42(29-23-40)45-17-12-19-51-54(45)56-55(58(51,3)4)48-16-9-11-20-53(48)59-56/h5-36H,1-4H3/b49-35-. The number of benzene rings is 8. The summed E-state index contributed by atoms with van der Waals surface area (Å²) in [6.45, 7) is 9.49. The highest BCUT2D eigenvalue weighted by molar-refractivity contribution is 7.22. The van der Waals surface area contributed by atoms with Crippen molar-refractivity contribution < 1.29 is 0 Å². The van der Waals surface area contributed by atoms with Gasteiger partial charge in [-0.3, -0.25) is 0 Å². The van der Waals surface area contributed by atoms with Gasteiger partial charge in [0, 0.05) is 26.0 Å². The van der Waals surface area contributed by atoms with Crippen LogP contribution < -0.4 is 0 Å². The molecule has 1 aromatic heterocycles. The molecule has 0 saturated carbocycles. The minimum absolute atomic E-state index is 0.0395. The molecule has 0 radical (unpaired) electrons. The molecule has 0 aliphatic heterocycles. The van der Waals surface area contributed by atoms with E-state index in [0.29, 0.717) is 0 Å². The Bertz CT molecular complexity index is 3100. The molecule has 0 fully saturated rings. The highest BCUT2D eigenvalue weighted by atomic mass is 32.1. The first kappa shape index (κ1) is 35.6. The van der Waals surface area contributed by atoms with Crippen molar-refractivity contribution in [3.8, 4) is 54.9 Å². The molecule has 0 bridgehead atoms. The Labute approximate surface area is 351 Å². The quantitative estimate of drug-likeness (QED) is 0.148. The second-order valence-corrected chi connectivity index (χ2v) is 18.3. The predicted molar refractivity (Wildman–Crippen MR) is 253 cm³/mol. The molecule has 2 aliphatic rings. The van der Waals surface area contributed by atoms with Gasteiger partial charge in [-0.1, -0.05) is 210 Å². The van der Waals surface area contributed by atoms with Gasteiger partial charge in [-0.05, 0) is 107 Å². The Hall–Kier alpha value is -6.54. The van der Waals surface area contributed by atoms with E-state index in [1.807, 2.05) is 11.3 Å². The number of hydrogen-bond donors (Lipinski definition) is 0. The molecule has 0 unspecified atom stereocenters. The van der Waals surface area contributed by atoms with E-state index in [1.165, 1.54) is 110 Å². The zero-order chi connectivity index (χ0) is 39.9. The second-order valence-electron chi connectivity index (χ2n) is 17.3. The van der Waals surface area contributed by atoms with E-state index in [4.69, 9.17) is 0 Å². The van der Waals surface area contributed by atoms with Gasteiger partial charge in [0.25, 0.3) is 0 Å². The number of rotatable bonds is 6. The zero-order valence-electron chi connectivity index (χ0n) is 33.9. The summed E-state index contributed by atoms with van der Waals surface area (Å²) in [6, 6.07) is 69.7. The van der Waals surface area contributed by atoms with Crippen LogP contribution in [0.5, 0.6) is 0 Å². The highest BCUT2D eigenvalue weighted by Gasteiger charge is 2.40. The smallest absolute Gasteiger partial charge is 0.0405 e. The molecule has 1 heterocycles. The van der Waals surface area contributed by atoms with E-state index in [2.05, 4.69) is 222 Å². The maximum Gasteiger partial charge on any atom is 0.0405 e. The van der Waals surface area contributed by atoms with Crippen LogP contribution in [0.4, 0.5) is 0 Å². The van der Waals surface area contributed by atoms with Crippen molar-refractivity contribution in [1.29, 1.82) is 0 Å². The molecule has 282 valence electrons. The minimum atomic E-state index is -0.0524. The van der Waals surface area contributed by atoms with E-state index in [-0.39, 0.29) is 10.8 Å². The maximum atomic E-state index is 2.41. The Kier molecular flexibility index (Phi) is 8.16. The van der Waals surface area contributed by atoms with Crippen LogP contribution in [0.25, 0.3) is 76.7 Å². The lowest BCUT2D eigenvalue weighted by Crippen LogP contribution is -2.14. The van der Waals surface area contributed by atoms with Crippen molar-refractivity contribution in [3.63, 3.8) is 0 Å². The maximum absolute atomic E-state index is 2.41. The number of fused-ring (bicyclic) bond motifs is 8. The molecule has 9 aromatic rings. The van der Waals surface area contributed by atoms with Gasteiger partial charge < -0.3 is 0 Å². The largest absolute Gasteiger partial charge is 0.135 e. The lowest BCUT2D eigenvalue weighted by molar-refractivity contribution is 0.660. The van der Waals surface area contributed by atoms with Crippen LogP contribution in [0.1, 0.15) is 66.6 Å². The molecule has 0 nitrogen and oxygen atoms in total. The average Bonchev–Trinajstić information content (AvgIpc) is 3.86. The van der Waals surface area contributed by atoms with Gasteiger partial charge in [-0.25, -0.2) is 0 Å². The van der Waals surface area contributed by atoms with E-state index in [1.54, 1.807) is 0 Å². The van der Waals surface area contributed by atoms with Crippen molar-refractivity contribution in [2.24, 2.45) is 0 Å². The fraction of sp³-hybridized carbons (Fsp3) is 0.103. The summed E-state index contributed by atoms with van der Waals surface area (Å²) in [6.07, 6.45) is 2.38. The third-order valence-electron chi connectivity index (χ3n) is 13.1. The molecular formula is C58H44S. The normalized spacial score (nSPS) is 14.5. The molecule has 59 heavy (non-hydrogen) atoms. The van der Waals surface area contributed by atoms with E-state index >= 15 is 0 Å². The van der Waals surface area contributed by atoms with Crippen LogP contribution in [0.2, 0.25) is 0 Å². The monoisotopic (exact) mass is 772 g/mol. The molecule has 11 rings (SSSR count). The Balaban J connectivity index is 0.946. The van der Waals surface area contributed by atoms with Crippen molar-refractivity contribution in [3.05, 3.63) is 227 Å². The van der Waals surface area contributed by atoms with Gasteiger partial charge in [0.1, 0.15) is 0 Å².